The second-order valence-corrected chi connectivity index (χ2v) is 3.29. The van der Waals surface area contributed by atoms with Gasteiger partial charge in [0.05, 0.1) is 11.9 Å². The molecule has 2 aromatic heterocycles. The van der Waals surface area contributed by atoms with Gasteiger partial charge in [0.15, 0.2) is 0 Å². The highest BCUT2D eigenvalue weighted by Gasteiger charge is 1.99. The molecule has 6 heteroatoms. The number of aromatic nitrogens is 4. The third-order valence-corrected chi connectivity index (χ3v) is 2.18. The minimum atomic E-state index is 0.788. The van der Waals surface area contributed by atoms with Gasteiger partial charge in [-0.2, -0.15) is 5.10 Å². The van der Waals surface area contributed by atoms with Gasteiger partial charge in [-0.3, -0.25) is 4.68 Å². The monoisotopic (exact) mass is 195 g/mol. The molecule has 1 N–H and O–H groups in total. The summed E-state index contributed by atoms with van der Waals surface area (Å²) in [6.07, 6.45) is 3.70. The number of anilines is 2. The second-order valence-electron chi connectivity index (χ2n) is 2.45. The van der Waals surface area contributed by atoms with E-state index < -0.39 is 0 Å². The van der Waals surface area contributed by atoms with Crippen LogP contribution in [0.5, 0.6) is 0 Å². The van der Waals surface area contributed by atoms with E-state index in [1.165, 1.54) is 11.3 Å². The Hall–Kier alpha value is -1.43. The van der Waals surface area contributed by atoms with Crippen LogP contribution in [0.4, 0.5) is 10.8 Å². The zero-order chi connectivity index (χ0) is 9.10. The summed E-state index contributed by atoms with van der Waals surface area (Å²) in [7, 11) is 0. The lowest BCUT2D eigenvalue weighted by molar-refractivity contribution is 0.660. The van der Waals surface area contributed by atoms with Crippen molar-refractivity contribution in [1.82, 2.24) is 20.0 Å². The third kappa shape index (κ3) is 1.83. The van der Waals surface area contributed by atoms with E-state index in [-0.39, 0.29) is 0 Å². The summed E-state index contributed by atoms with van der Waals surface area (Å²) in [5.41, 5.74) is 2.63. The maximum Gasteiger partial charge on any atom is 0.209 e. The summed E-state index contributed by atoms with van der Waals surface area (Å²) in [4.78, 5) is 0. The number of rotatable bonds is 3. The fourth-order valence-electron chi connectivity index (χ4n) is 0.952. The van der Waals surface area contributed by atoms with Gasteiger partial charge in [-0.25, -0.2) is 0 Å². The molecule has 13 heavy (non-hydrogen) atoms. The molecular weight excluding hydrogens is 186 g/mol. The maximum atomic E-state index is 4.13. The number of aryl methyl sites for hydroxylation is 1. The smallest absolute Gasteiger partial charge is 0.209 e. The Balaban J connectivity index is 2.10. The molecule has 0 spiro atoms. The van der Waals surface area contributed by atoms with Crippen molar-refractivity contribution in [3.63, 3.8) is 0 Å². The van der Waals surface area contributed by atoms with Crippen molar-refractivity contribution in [3.05, 3.63) is 17.9 Å². The normalized spacial score (nSPS) is 10.2. The molecule has 2 aromatic rings. The van der Waals surface area contributed by atoms with Gasteiger partial charge in [0, 0.05) is 12.7 Å². The highest BCUT2D eigenvalue weighted by atomic mass is 32.1. The van der Waals surface area contributed by atoms with Crippen LogP contribution in [-0.4, -0.2) is 20.0 Å². The second kappa shape index (κ2) is 3.53. The molecule has 0 saturated carbocycles. The number of hydrogen-bond donors (Lipinski definition) is 1. The van der Waals surface area contributed by atoms with Crippen LogP contribution in [0.15, 0.2) is 17.9 Å². The lowest BCUT2D eigenvalue weighted by Gasteiger charge is -1.94. The van der Waals surface area contributed by atoms with Gasteiger partial charge < -0.3 is 5.32 Å². The van der Waals surface area contributed by atoms with Crippen LogP contribution in [-0.2, 0) is 6.54 Å². The zero-order valence-electron chi connectivity index (χ0n) is 7.14. The molecule has 0 bridgehead atoms. The van der Waals surface area contributed by atoms with Crippen molar-refractivity contribution in [3.8, 4) is 0 Å². The topological polar surface area (TPSA) is 55.6 Å². The molecule has 0 aliphatic carbocycles. The molecule has 2 heterocycles. The number of nitrogens with zero attached hydrogens (tertiary/aromatic N) is 4. The lowest BCUT2D eigenvalue weighted by atomic mass is 10.6. The van der Waals surface area contributed by atoms with Crippen molar-refractivity contribution < 1.29 is 0 Å². The van der Waals surface area contributed by atoms with Crippen molar-refractivity contribution in [2.24, 2.45) is 0 Å². The Bertz CT molecular complexity index is 366. The first-order chi connectivity index (χ1) is 6.38. The van der Waals surface area contributed by atoms with Crippen LogP contribution in [0.1, 0.15) is 6.92 Å². The van der Waals surface area contributed by atoms with Crippen molar-refractivity contribution in [2.45, 2.75) is 13.5 Å². The van der Waals surface area contributed by atoms with Crippen LogP contribution < -0.4 is 5.32 Å². The maximum absolute atomic E-state index is 4.13. The summed E-state index contributed by atoms with van der Waals surface area (Å²) < 4.78 is 1.85. The quantitative estimate of drug-likeness (QED) is 0.806. The van der Waals surface area contributed by atoms with E-state index in [1.54, 1.807) is 11.7 Å². The van der Waals surface area contributed by atoms with E-state index >= 15 is 0 Å². The fourth-order valence-corrected chi connectivity index (χ4v) is 1.42. The minimum absolute atomic E-state index is 0.788. The molecule has 0 aliphatic heterocycles. The summed E-state index contributed by atoms with van der Waals surface area (Å²) in [5.74, 6) is 0. The Morgan fingerprint density at radius 2 is 2.54 bits per heavy atom. The summed E-state index contributed by atoms with van der Waals surface area (Å²) in [6.45, 7) is 2.92. The van der Waals surface area contributed by atoms with Crippen LogP contribution >= 0.6 is 11.3 Å². The molecule has 5 nitrogen and oxygen atoms in total. The molecule has 0 aromatic carbocycles. The SMILES string of the molecule is CCn1cc(Nc2nncs2)cn1. The van der Waals surface area contributed by atoms with Crippen LogP contribution in [0, 0.1) is 0 Å². The van der Waals surface area contributed by atoms with Crippen molar-refractivity contribution in [2.75, 3.05) is 5.32 Å². The first-order valence-electron chi connectivity index (χ1n) is 3.94. The predicted molar refractivity (Wildman–Crippen MR) is 51.1 cm³/mol. The largest absolute Gasteiger partial charge is 0.328 e. The van der Waals surface area contributed by atoms with Crippen LogP contribution in [0.2, 0.25) is 0 Å². The molecule has 0 saturated heterocycles. The van der Waals surface area contributed by atoms with E-state index in [0.29, 0.717) is 0 Å². The highest BCUT2D eigenvalue weighted by Crippen LogP contribution is 2.15. The Kier molecular flexibility index (Phi) is 2.22. The van der Waals surface area contributed by atoms with Gasteiger partial charge in [-0.1, -0.05) is 11.3 Å². The zero-order valence-corrected chi connectivity index (χ0v) is 7.95. The molecule has 0 atom stereocenters. The van der Waals surface area contributed by atoms with Crippen molar-refractivity contribution in [1.29, 1.82) is 0 Å². The summed E-state index contributed by atoms with van der Waals surface area (Å²) >= 11 is 1.46. The molecule has 0 amide bonds. The molecule has 0 fully saturated rings. The van der Waals surface area contributed by atoms with E-state index in [4.69, 9.17) is 0 Å². The first-order valence-corrected chi connectivity index (χ1v) is 4.82. The lowest BCUT2D eigenvalue weighted by Crippen LogP contribution is -1.92. The molecule has 68 valence electrons. The van der Waals surface area contributed by atoms with Crippen molar-refractivity contribution >= 4 is 22.2 Å². The molecular formula is C7H9N5S. The van der Waals surface area contributed by atoms with E-state index in [2.05, 4.69) is 20.6 Å². The Labute approximate surface area is 79.4 Å². The fraction of sp³-hybridized carbons (Fsp3) is 0.286. The third-order valence-electron chi connectivity index (χ3n) is 1.57. The van der Waals surface area contributed by atoms with Gasteiger partial charge in [0.25, 0.3) is 0 Å². The number of nitrogens with one attached hydrogen (secondary N) is 1. The average molecular weight is 195 g/mol. The van der Waals surface area contributed by atoms with Crippen LogP contribution in [0.3, 0.4) is 0 Å². The Morgan fingerprint density at radius 3 is 3.15 bits per heavy atom. The molecule has 2 rings (SSSR count). The van der Waals surface area contributed by atoms with Gasteiger partial charge in [-0.15, -0.1) is 10.2 Å². The summed E-state index contributed by atoms with van der Waals surface area (Å²) in [6, 6.07) is 0. The summed E-state index contributed by atoms with van der Waals surface area (Å²) in [5, 5.41) is 15.6. The Morgan fingerprint density at radius 1 is 1.62 bits per heavy atom. The molecule has 0 radical (unpaired) electrons. The van der Waals surface area contributed by atoms with E-state index in [1.807, 2.05) is 17.8 Å². The van der Waals surface area contributed by atoms with E-state index in [0.717, 1.165) is 17.4 Å². The van der Waals surface area contributed by atoms with Crippen LogP contribution in [0.25, 0.3) is 0 Å². The standard InChI is InChI=1S/C7H9N5S/c1-2-12-4-6(3-9-12)10-7-11-8-5-13-7/h3-5H,2H2,1H3,(H,10,11). The molecule has 0 aliphatic rings. The van der Waals surface area contributed by atoms with Gasteiger partial charge >= 0.3 is 0 Å². The predicted octanol–water partition coefficient (Wildman–Crippen LogP) is 1.50. The highest BCUT2D eigenvalue weighted by molar-refractivity contribution is 7.13. The van der Waals surface area contributed by atoms with Gasteiger partial charge in [0.1, 0.15) is 5.51 Å². The number of hydrogen-bond acceptors (Lipinski definition) is 5. The minimum Gasteiger partial charge on any atom is -0.328 e. The first kappa shape index (κ1) is 8.18. The van der Waals surface area contributed by atoms with Gasteiger partial charge in [-0.05, 0) is 6.92 Å². The van der Waals surface area contributed by atoms with E-state index in [9.17, 15) is 0 Å². The molecule has 0 unspecified atom stereocenters. The average Bonchev–Trinajstić information content (AvgIpc) is 2.76. The van der Waals surface area contributed by atoms with Gasteiger partial charge in [0.2, 0.25) is 5.13 Å².